The minimum Gasteiger partial charge on any atom is -0.389 e. The number of benzene rings is 1. The Balaban J connectivity index is 2.20. The molecule has 0 aliphatic heterocycles. The number of aliphatic hydroxyl groups is 1. The van der Waals surface area contributed by atoms with Crippen molar-refractivity contribution in [1.82, 2.24) is 4.98 Å². The number of fused-ring (bicyclic) bond motifs is 3. The lowest BCUT2D eigenvalue weighted by Crippen LogP contribution is -1.88. The molecule has 0 radical (unpaired) electrons. The fourth-order valence-electron chi connectivity index (χ4n) is 2.26. The van der Waals surface area contributed by atoms with Gasteiger partial charge in [0.05, 0.1) is 12.3 Å². The first-order valence-electron chi connectivity index (χ1n) is 5.56. The van der Waals surface area contributed by atoms with E-state index in [0.717, 1.165) is 23.5 Å². The summed E-state index contributed by atoms with van der Waals surface area (Å²) in [5.41, 5.74) is 3.74. The minimum atomic E-state index is 0.0554. The first-order chi connectivity index (χ1) is 7.88. The zero-order valence-corrected chi connectivity index (χ0v) is 9.76. The largest absolute Gasteiger partial charge is 0.389 e. The molecule has 0 fully saturated rings. The van der Waals surface area contributed by atoms with E-state index in [1.807, 2.05) is 0 Å². The van der Waals surface area contributed by atoms with Gasteiger partial charge in [-0.15, -0.1) is 11.3 Å². The van der Waals surface area contributed by atoms with Crippen LogP contribution in [0.25, 0.3) is 11.3 Å². The molecule has 1 aliphatic rings. The molecule has 16 heavy (non-hydrogen) atoms. The summed E-state index contributed by atoms with van der Waals surface area (Å²) in [5.74, 6) is 0. The normalized spacial score (nSPS) is 14.1. The molecule has 1 heterocycles. The monoisotopic (exact) mass is 231 g/mol. The van der Waals surface area contributed by atoms with E-state index in [1.54, 1.807) is 11.3 Å². The molecule has 2 nitrogen and oxygen atoms in total. The Morgan fingerprint density at radius 3 is 3.00 bits per heavy atom. The van der Waals surface area contributed by atoms with Crippen LogP contribution in [0.4, 0.5) is 0 Å². The highest BCUT2D eigenvalue weighted by molar-refractivity contribution is 7.12. The van der Waals surface area contributed by atoms with Crippen LogP contribution >= 0.6 is 11.3 Å². The molecule has 0 saturated carbocycles. The number of nitrogens with zero attached hydrogens (tertiary/aromatic N) is 1. The van der Waals surface area contributed by atoms with E-state index in [0.29, 0.717) is 0 Å². The Morgan fingerprint density at radius 2 is 2.12 bits per heavy atom. The van der Waals surface area contributed by atoms with Gasteiger partial charge in [-0.1, -0.05) is 24.3 Å². The van der Waals surface area contributed by atoms with Crippen molar-refractivity contribution in [2.45, 2.75) is 25.9 Å². The summed E-state index contributed by atoms with van der Waals surface area (Å²) in [6.45, 7) is 0.0554. The molecule has 1 aliphatic carbocycles. The molecular formula is C13H13NOS. The first-order valence-corrected chi connectivity index (χ1v) is 6.38. The van der Waals surface area contributed by atoms with Crippen LogP contribution in [-0.4, -0.2) is 10.1 Å². The first kappa shape index (κ1) is 10.00. The molecule has 0 unspecified atom stereocenters. The smallest absolute Gasteiger partial charge is 0.119 e. The maximum Gasteiger partial charge on any atom is 0.119 e. The number of aliphatic hydroxyl groups excluding tert-OH is 1. The summed E-state index contributed by atoms with van der Waals surface area (Å²) in [6, 6.07) is 8.47. The second-order valence-electron chi connectivity index (χ2n) is 4.05. The van der Waals surface area contributed by atoms with Gasteiger partial charge in [0.25, 0.3) is 0 Å². The molecule has 0 spiro atoms. The predicted molar refractivity (Wildman–Crippen MR) is 65.5 cm³/mol. The van der Waals surface area contributed by atoms with Crippen LogP contribution in [0.2, 0.25) is 0 Å². The zero-order valence-electron chi connectivity index (χ0n) is 8.94. The Hall–Kier alpha value is -1.19. The van der Waals surface area contributed by atoms with E-state index in [-0.39, 0.29) is 6.61 Å². The van der Waals surface area contributed by atoms with Crippen molar-refractivity contribution in [3.63, 3.8) is 0 Å². The Labute approximate surface area is 98.6 Å². The molecule has 0 amide bonds. The maximum absolute atomic E-state index is 9.15. The van der Waals surface area contributed by atoms with Gasteiger partial charge in [-0.3, -0.25) is 0 Å². The zero-order chi connectivity index (χ0) is 11.0. The van der Waals surface area contributed by atoms with E-state index in [4.69, 9.17) is 5.11 Å². The SMILES string of the molecule is OCc1nc2c(s1)CCCc1ccccc1-2. The van der Waals surface area contributed by atoms with Crippen molar-refractivity contribution in [2.75, 3.05) is 0 Å². The fraction of sp³-hybridized carbons (Fsp3) is 0.308. The molecule has 1 N–H and O–H groups in total. The Bertz CT molecular complexity index is 518. The number of aromatic nitrogens is 1. The highest BCUT2D eigenvalue weighted by atomic mass is 32.1. The topological polar surface area (TPSA) is 33.1 Å². The highest BCUT2D eigenvalue weighted by Gasteiger charge is 2.18. The Kier molecular flexibility index (Phi) is 2.50. The molecule has 2 aromatic rings. The van der Waals surface area contributed by atoms with Crippen LogP contribution in [0.3, 0.4) is 0 Å². The number of hydrogen-bond donors (Lipinski definition) is 1. The lowest BCUT2D eigenvalue weighted by molar-refractivity contribution is 0.281. The van der Waals surface area contributed by atoms with Crippen LogP contribution in [-0.2, 0) is 19.4 Å². The number of rotatable bonds is 1. The fourth-order valence-corrected chi connectivity index (χ4v) is 3.24. The quantitative estimate of drug-likeness (QED) is 0.818. The average molecular weight is 231 g/mol. The van der Waals surface area contributed by atoms with E-state index in [9.17, 15) is 0 Å². The van der Waals surface area contributed by atoms with Crippen molar-refractivity contribution in [3.8, 4) is 11.3 Å². The molecule has 1 aromatic heterocycles. The van der Waals surface area contributed by atoms with Gasteiger partial charge in [-0.25, -0.2) is 4.98 Å². The summed E-state index contributed by atoms with van der Waals surface area (Å²) in [7, 11) is 0. The van der Waals surface area contributed by atoms with Gasteiger partial charge in [-0.2, -0.15) is 0 Å². The third-order valence-corrected chi connectivity index (χ3v) is 4.10. The number of aryl methyl sites for hydroxylation is 2. The number of hydrogen-bond acceptors (Lipinski definition) is 3. The Morgan fingerprint density at radius 1 is 1.25 bits per heavy atom. The second-order valence-corrected chi connectivity index (χ2v) is 5.22. The number of thiazole rings is 1. The molecule has 1 aromatic carbocycles. The molecule has 82 valence electrons. The van der Waals surface area contributed by atoms with E-state index in [2.05, 4.69) is 29.2 Å². The van der Waals surface area contributed by atoms with Crippen LogP contribution in [0.5, 0.6) is 0 Å². The third kappa shape index (κ3) is 1.56. The lowest BCUT2D eigenvalue weighted by Gasteiger charge is -2.03. The summed E-state index contributed by atoms with van der Waals surface area (Å²) in [4.78, 5) is 5.87. The summed E-state index contributed by atoms with van der Waals surface area (Å²) in [6.07, 6.45) is 3.40. The van der Waals surface area contributed by atoms with Gasteiger partial charge >= 0.3 is 0 Å². The maximum atomic E-state index is 9.15. The predicted octanol–water partition coefficient (Wildman–Crippen LogP) is 2.79. The summed E-state index contributed by atoms with van der Waals surface area (Å²) < 4.78 is 0. The summed E-state index contributed by atoms with van der Waals surface area (Å²) in [5, 5.41) is 9.99. The molecular weight excluding hydrogens is 218 g/mol. The van der Waals surface area contributed by atoms with Crippen LogP contribution in [0.15, 0.2) is 24.3 Å². The van der Waals surface area contributed by atoms with Crippen molar-refractivity contribution >= 4 is 11.3 Å². The van der Waals surface area contributed by atoms with Crippen LogP contribution in [0.1, 0.15) is 21.9 Å². The van der Waals surface area contributed by atoms with Crippen molar-refractivity contribution < 1.29 is 5.11 Å². The van der Waals surface area contributed by atoms with E-state index >= 15 is 0 Å². The molecule has 3 heteroatoms. The second kappa shape index (κ2) is 4.00. The van der Waals surface area contributed by atoms with Gasteiger partial charge in [0, 0.05) is 10.4 Å². The highest BCUT2D eigenvalue weighted by Crippen LogP contribution is 2.35. The van der Waals surface area contributed by atoms with Gasteiger partial charge in [0.15, 0.2) is 0 Å². The summed E-state index contributed by atoms with van der Waals surface area (Å²) >= 11 is 1.65. The van der Waals surface area contributed by atoms with Crippen LogP contribution in [0, 0.1) is 0 Å². The van der Waals surface area contributed by atoms with Crippen molar-refractivity contribution in [1.29, 1.82) is 0 Å². The van der Waals surface area contributed by atoms with E-state index < -0.39 is 0 Å². The van der Waals surface area contributed by atoms with Gasteiger partial charge in [0.2, 0.25) is 0 Å². The van der Waals surface area contributed by atoms with Crippen molar-refractivity contribution in [2.24, 2.45) is 0 Å². The molecule has 3 rings (SSSR count). The van der Waals surface area contributed by atoms with Crippen molar-refractivity contribution in [3.05, 3.63) is 39.7 Å². The minimum absolute atomic E-state index is 0.0554. The standard InChI is InChI=1S/C13H13NOS/c15-8-12-14-13-10-6-2-1-4-9(10)5-3-7-11(13)16-12/h1-2,4,6,15H,3,5,7-8H2. The van der Waals surface area contributed by atoms with Gasteiger partial charge in [0.1, 0.15) is 5.01 Å². The molecule has 0 saturated heterocycles. The molecule has 0 atom stereocenters. The molecule has 0 bridgehead atoms. The van der Waals surface area contributed by atoms with Crippen LogP contribution < -0.4 is 0 Å². The average Bonchev–Trinajstić information content (AvgIpc) is 2.66. The van der Waals surface area contributed by atoms with Gasteiger partial charge in [-0.05, 0) is 24.8 Å². The van der Waals surface area contributed by atoms with Gasteiger partial charge < -0.3 is 5.11 Å². The lowest BCUT2D eigenvalue weighted by atomic mass is 10.0. The van der Waals surface area contributed by atoms with E-state index in [1.165, 1.54) is 22.4 Å². The third-order valence-electron chi connectivity index (χ3n) is 3.00.